The molecule has 3 aromatic rings. The number of unbranched alkanes of at least 4 members (excludes halogenated alkanes) is 1. The lowest BCUT2D eigenvalue weighted by atomic mass is 10.0. The van der Waals surface area contributed by atoms with Crippen molar-refractivity contribution in [1.29, 1.82) is 0 Å². The number of fused-ring (bicyclic) bond motifs is 1. The fourth-order valence-corrected chi connectivity index (χ4v) is 3.16. The second kappa shape index (κ2) is 9.29. The largest absolute Gasteiger partial charge is 0.393 e. The lowest BCUT2D eigenvalue weighted by Crippen LogP contribution is -1.97. The predicted molar refractivity (Wildman–Crippen MR) is 116 cm³/mol. The van der Waals surface area contributed by atoms with Gasteiger partial charge < -0.3 is 5.11 Å². The summed E-state index contributed by atoms with van der Waals surface area (Å²) in [5.74, 6) is 0. The molecule has 0 saturated heterocycles. The molecule has 0 aliphatic rings. The highest BCUT2D eigenvalue weighted by Gasteiger charge is 2.02. The minimum atomic E-state index is -0.207. The smallest absolute Gasteiger partial charge is 0.0512 e. The Morgan fingerprint density at radius 1 is 1.04 bits per heavy atom. The maximum Gasteiger partial charge on any atom is 0.0512 e. The van der Waals surface area contributed by atoms with Crippen LogP contribution in [0.4, 0.5) is 0 Å². The molecule has 138 valence electrons. The van der Waals surface area contributed by atoms with Gasteiger partial charge in [0.15, 0.2) is 0 Å². The molecule has 0 bridgehead atoms. The second-order valence-electron chi connectivity index (χ2n) is 7.03. The Kier molecular flexibility index (Phi) is 6.56. The summed E-state index contributed by atoms with van der Waals surface area (Å²) in [5, 5.41) is 11.8. The molecule has 1 unspecified atom stereocenters. The number of pyridine rings is 1. The second-order valence-corrected chi connectivity index (χ2v) is 7.03. The Bertz CT molecular complexity index is 923. The van der Waals surface area contributed by atoms with Gasteiger partial charge in [-0.15, -0.1) is 6.58 Å². The molecule has 0 spiro atoms. The molecule has 2 aromatic carbocycles. The molecular formula is C25H27NO. The molecule has 0 amide bonds. The van der Waals surface area contributed by atoms with Crippen LogP contribution in [0.5, 0.6) is 0 Å². The third kappa shape index (κ3) is 5.38. The number of hydrogen-bond acceptors (Lipinski definition) is 2. The van der Waals surface area contributed by atoms with E-state index < -0.39 is 0 Å². The summed E-state index contributed by atoms with van der Waals surface area (Å²) in [6.45, 7) is 5.60. The number of allylic oxidation sites excluding steroid dienone is 2. The van der Waals surface area contributed by atoms with Crippen molar-refractivity contribution in [3.63, 3.8) is 0 Å². The zero-order valence-corrected chi connectivity index (χ0v) is 15.9. The van der Waals surface area contributed by atoms with Gasteiger partial charge in [0.2, 0.25) is 0 Å². The van der Waals surface area contributed by atoms with Crippen LogP contribution in [0.25, 0.3) is 28.0 Å². The van der Waals surface area contributed by atoms with E-state index in [1.165, 1.54) is 21.9 Å². The van der Waals surface area contributed by atoms with Gasteiger partial charge in [-0.25, -0.2) is 0 Å². The quantitative estimate of drug-likeness (QED) is 0.385. The molecule has 2 heteroatoms. The highest BCUT2D eigenvalue weighted by Crippen LogP contribution is 2.25. The number of benzene rings is 2. The molecule has 1 N–H and O–H groups in total. The monoisotopic (exact) mass is 357 g/mol. The average molecular weight is 357 g/mol. The third-order valence-electron chi connectivity index (χ3n) is 4.68. The van der Waals surface area contributed by atoms with Crippen molar-refractivity contribution < 1.29 is 5.11 Å². The minimum absolute atomic E-state index is 0.207. The molecule has 1 heterocycles. The topological polar surface area (TPSA) is 33.1 Å². The lowest BCUT2D eigenvalue weighted by Gasteiger charge is -2.06. The fourth-order valence-electron chi connectivity index (χ4n) is 3.16. The summed E-state index contributed by atoms with van der Waals surface area (Å²) in [6, 6.07) is 17.3. The Balaban J connectivity index is 1.73. The van der Waals surface area contributed by atoms with Crippen molar-refractivity contribution >= 4 is 16.8 Å². The number of aliphatic hydroxyl groups is 1. The maximum absolute atomic E-state index is 9.30. The first kappa shape index (κ1) is 19.1. The molecule has 0 aliphatic carbocycles. The van der Waals surface area contributed by atoms with E-state index in [2.05, 4.69) is 72.2 Å². The number of rotatable bonds is 8. The molecule has 3 rings (SSSR count). The molecular weight excluding hydrogens is 330 g/mol. The first-order valence-electron chi connectivity index (χ1n) is 9.60. The van der Waals surface area contributed by atoms with Crippen LogP contribution in [-0.4, -0.2) is 16.2 Å². The average Bonchev–Trinajstić information content (AvgIpc) is 2.68. The molecule has 0 aliphatic heterocycles. The first-order chi connectivity index (χ1) is 13.2. The Hall–Kier alpha value is -2.71. The van der Waals surface area contributed by atoms with Gasteiger partial charge in [0, 0.05) is 23.9 Å². The maximum atomic E-state index is 9.30. The Labute approximate surface area is 161 Å². The molecule has 0 radical (unpaired) electrons. The van der Waals surface area contributed by atoms with Crippen molar-refractivity contribution in [2.45, 2.75) is 38.7 Å². The van der Waals surface area contributed by atoms with E-state index in [-0.39, 0.29) is 6.10 Å². The molecule has 2 nitrogen and oxygen atoms in total. The van der Waals surface area contributed by atoms with Gasteiger partial charge >= 0.3 is 0 Å². The van der Waals surface area contributed by atoms with E-state index in [0.717, 1.165) is 36.9 Å². The van der Waals surface area contributed by atoms with Crippen LogP contribution in [0.3, 0.4) is 0 Å². The van der Waals surface area contributed by atoms with E-state index in [0.29, 0.717) is 0 Å². The van der Waals surface area contributed by atoms with E-state index in [4.69, 9.17) is 0 Å². The van der Waals surface area contributed by atoms with Gasteiger partial charge in [-0.05, 0) is 66.3 Å². The van der Waals surface area contributed by atoms with Gasteiger partial charge in [0.1, 0.15) is 0 Å². The number of aromatic nitrogens is 1. The number of aliphatic hydroxyl groups excluding tert-OH is 1. The molecule has 0 fully saturated rings. The molecule has 1 atom stereocenters. The zero-order valence-electron chi connectivity index (χ0n) is 15.9. The van der Waals surface area contributed by atoms with Gasteiger partial charge in [-0.1, -0.05) is 48.6 Å². The van der Waals surface area contributed by atoms with Crippen LogP contribution in [0.15, 0.2) is 73.5 Å². The van der Waals surface area contributed by atoms with Crippen LogP contribution < -0.4 is 0 Å². The Morgan fingerprint density at radius 3 is 2.56 bits per heavy atom. The standard InChI is InChI=1S/C25H27NO/c1-3-7-25-15-14-24(18-26-25)23-13-12-21-16-20(10-11-22(21)17-23)9-6-4-5-8-19(2)27/h3,6,9-19,27H,1,4-5,7-8H2,2H3/b9-6+. The number of nitrogens with zero attached hydrogens (tertiary/aromatic N) is 1. The summed E-state index contributed by atoms with van der Waals surface area (Å²) in [5.41, 5.74) is 4.57. The minimum Gasteiger partial charge on any atom is -0.393 e. The van der Waals surface area contributed by atoms with Crippen LogP contribution in [0, 0.1) is 0 Å². The van der Waals surface area contributed by atoms with E-state index in [1.807, 2.05) is 19.2 Å². The van der Waals surface area contributed by atoms with Crippen molar-refractivity contribution in [3.05, 3.63) is 84.7 Å². The summed E-state index contributed by atoms with van der Waals surface area (Å²) >= 11 is 0. The van der Waals surface area contributed by atoms with Crippen molar-refractivity contribution in [3.8, 4) is 11.1 Å². The summed E-state index contributed by atoms with van der Waals surface area (Å²) in [4.78, 5) is 4.50. The van der Waals surface area contributed by atoms with E-state index >= 15 is 0 Å². The highest BCUT2D eigenvalue weighted by atomic mass is 16.3. The van der Waals surface area contributed by atoms with Crippen molar-refractivity contribution in [2.24, 2.45) is 0 Å². The summed E-state index contributed by atoms with van der Waals surface area (Å²) in [6.07, 6.45) is 11.6. The molecule has 0 saturated carbocycles. The first-order valence-corrected chi connectivity index (χ1v) is 9.60. The summed E-state index contributed by atoms with van der Waals surface area (Å²) in [7, 11) is 0. The van der Waals surface area contributed by atoms with Crippen molar-refractivity contribution in [2.75, 3.05) is 0 Å². The van der Waals surface area contributed by atoms with Gasteiger partial charge in [-0.3, -0.25) is 4.98 Å². The molecule has 1 aromatic heterocycles. The zero-order chi connectivity index (χ0) is 19.1. The fraction of sp³-hybridized carbons (Fsp3) is 0.240. The third-order valence-corrected chi connectivity index (χ3v) is 4.68. The predicted octanol–water partition coefficient (Wildman–Crippen LogP) is 6.19. The summed E-state index contributed by atoms with van der Waals surface area (Å²) < 4.78 is 0. The number of hydrogen-bond donors (Lipinski definition) is 1. The van der Waals surface area contributed by atoms with Crippen LogP contribution in [-0.2, 0) is 6.42 Å². The van der Waals surface area contributed by atoms with Crippen LogP contribution in [0.1, 0.15) is 37.4 Å². The van der Waals surface area contributed by atoms with Crippen LogP contribution >= 0.6 is 0 Å². The van der Waals surface area contributed by atoms with Crippen molar-refractivity contribution in [1.82, 2.24) is 4.98 Å². The van der Waals surface area contributed by atoms with E-state index in [1.54, 1.807) is 0 Å². The van der Waals surface area contributed by atoms with Gasteiger partial charge in [-0.2, -0.15) is 0 Å². The Morgan fingerprint density at radius 2 is 1.81 bits per heavy atom. The molecule has 27 heavy (non-hydrogen) atoms. The normalized spacial score (nSPS) is 12.5. The van der Waals surface area contributed by atoms with E-state index in [9.17, 15) is 5.11 Å². The van der Waals surface area contributed by atoms with Gasteiger partial charge in [0.05, 0.1) is 6.10 Å². The lowest BCUT2D eigenvalue weighted by molar-refractivity contribution is 0.182. The van der Waals surface area contributed by atoms with Crippen LogP contribution in [0.2, 0.25) is 0 Å². The highest BCUT2D eigenvalue weighted by molar-refractivity contribution is 5.88. The SMILES string of the molecule is C=CCc1ccc(-c2ccc3cc(/C=C/CCCC(C)O)ccc3c2)cn1. The van der Waals surface area contributed by atoms with Gasteiger partial charge in [0.25, 0.3) is 0 Å².